The fourth-order valence-electron chi connectivity index (χ4n) is 3.17. The molecule has 0 aliphatic carbocycles. The monoisotopic (exact) mass is 469 g/mol. The zero-order valence-electron chi connectivity index (χ0n) is 16.9. The molecular weight excluding hydrogens is 449 g/mol. The molecule has 0 bridgehead atoms. The van der Waals surface area contributed by atoms with Crippen molar-refractivity contribution in [1.82, 2.24) is 4.72 Å². The lowest BCUT2D eigenvalue weighted by atomic mass is 10.2. The number of nitrogens with zero attached hydrogens (tertiary/aromatic N) is 1. The van der Waals surface area contributed by atoms with Crippen LogP contribution in [0, 0.1) is 5.82 Å². The highest BCUT2D eigenvalue weighted by Crippen LogP contribution is 2.30. The van der Waals surface area contributed by atoms with Crippen LogP contribution >= 0.6 is 11.3 Å². The van der Waals surface area contributed by atoms with Crippen LogP contribution in [-0.2, 0) is 14.8 Å². The van der Waals surface area contributed by atoms with Crippen molar-refractivity contribution in [2.75, 3.05) is 11.9 Å². The molecule has 0 saturated heterocycles. The van der Waals surface area contributed by atoms with Crippen LogP contribution in [-0.4, -0.2) is 26.7 Å². The number of hydrogen-bond acceptors (Lipinski definition) is 5. The summed E-state index contributed by atoms with van der Waals surface area (Å²) in [4.78, 5) is 18.0. The molecule has 0 unspecified atom stereocenters. The van der Waals surface area contributed by atoms with E-state index in [2.05, 4.69) is 15.0 Å². The van der Waals surface area contributed by atoms with Crippen LogP contribution in [0.5, 0.6) is 0 Å². The third-order valence-electron chi connectivity index (χ3n) is 4.70. The number of hydrogen-bond donors (Lipinski definition) is 2. The molecule has 0 atom stereocenters. The first kappa shape index (κ1) is 21.9. The van der Waals surface area contributed by atoms with Crippen LogP contribution < -0.4 is 10.0 Å². The Labute approximate surface area is 189 Å². The minimum absolute atomic E-state index is 0.0432. The van der Waals surface area contributed by atoms with E-state index >= 15 is 0 Å². The topological polar surface area (TPSA) is 87.6 Å². The van der Waals surface area contributed by atoms with Crippen molar-refractivity contribution in [2.45, 2.75) is 17.7 Å². The molecule has 32 heavy (non-hydrogen) atoms. The Balaban J connectivity index is 1.42. The Morgan fingerprint density at radius 2 is 1.94 bits per heavy atom. The number of amidine groups is 1. The fraction of sp³-hybridized carbons (Fsp3) is 0.130. The number of benzene rings is 2. The van der Waals surface area contributed by atoms with Crippen LogP contribution in [0.15, 0.2) is 76.6 Å². The van der Waals surface area contributed by atoms with E-state index in [9.17, 15) is 17.6 Å². The SMILES string of the molecule is O=C(/C=C/c1ccc(-c2ccccc2F)s1)Nc1cccc(S(=O)(=O)NC2=NCCC2)c1. The first-order chi connectivity index (χ1) is 15.4. The lowest BCUT2D eigenvalue weighted by Gasteiger charge is -2.09. The first-order valence-corrected chi connectivity index (χ1v) is 12.2. The Morgan fingerprint density at radius 3 is 2.72 bits per heavy atom. The molecule has 164 valence electrons. The molecule has 2 aromatic carbocycles. The number of halogens is 1. The molecule has 4 rings (SSSR count). The molecule has 3 aromatic rings. The number of aliphatic imine (C=N–C) groups is 1. The molecule has 0 spiro atoms. The summed E-state index contributed by atoms with van der Waals surface area (Å²) >= 11 is 1.36. The molecule has 1 amide bonds. The van der Waals surface area contributed by atoms with Crippen LogP contribution in [0.25, 0.3) is 16.5 Å². The molecule has 0 radical (unpaired) electrons. The van der Waals surface area contributed by atoms with Crippen molar-refractivity contribution in [1.29, 1.82) is 0 Å². The lowest BCUT2D eigenvalue weighted by molar-refractivity contribution is -0.111. The smallest absolute Gasteiger partial charge is 0.262 e. The molecule has 1 aliphatic heterocycles. The summed E-state index contributed by atoms with van der Waals surface area (Å²) in [6.45, 7) is 0.617. The van der Waals surface area contributed by atoms with E-state index in [1.54, 1.807) is 48.5 Å². The third kappa shape index (κ3) is 5.30. The zero-order chi connectivity index (χ0) is 22.6. The molecule has 2 heterocycles. The van der Waals surface area contributed by atoms with Crippen LogP contribution in [0.1, 0.15) is 17.7 Å². The predicted molar refractivity (Wildman–Crippen MR) is 126 cm³/mol. The van der Waals surface area contributed by atoms with E-state index in [0.29, 0.717) is 30.1 Å². The molecule has 1 aliphatic rings. The standard InChI is InChI=1S/C23H20FN3O3S2/c24-20-8-2-1-7-19(20)21-12-10-17(31-21)11-13-23(28)26-16-5-3-6-18(15-16)32(29,30)27-22-9-4-14-25-22/h1-3,5-8,10-13,15H,4,9,14H2,(H,25,27)(H,26,28)/b13-11+. The molecule has 0 saturated carbocycles. The van der Waals surface area contributed by atoms with Gasteiger partial charge in [-0.15, -0.1) is 11.3 Å². The summed E-state index contributed by atoms with van der Waals surface area (Å²) in [5, 5.41) is 2.66. The molecule has 1 aromatic heterocycles. The summed E-state index contributed by atoms with van der Waals surface area (Å²) < 4.78 is 41.5. The quantitative estimate of drug-likeness (QED) is 0.514. The van der Waals surface area contributed by atoms with Crippen molar-refractivity contribution in [3.63, 3.8) is 0 Å². The van der Waals surface area contributed by atoms with Gasteiger partial charge in [-0.3, -0.25) is 14.5 Å². The highest BCUT2D eigenvalue weighted by Gasteiger charge is 2.18. The first-order valence-electron chi connectivity index (χ1n) is 9.91. The number of rotatable bonds is 6. The normalized spacial score (nSPS) is 13.8. The highest BCUT2D eigenvalue weighted by molar-refractivity contribution is 7.90. The van der Waals surface area contributed by atoms with E-state index in [0.717, 1.165) is 16.2 Å². The fourth-order valence-corrected chi connectivity index (χ4v) is 5.24. The summed E-state index contributed by atoms with van der Waals surface area (Å²) in [5.74, 6) is -0.256. The second kappa shape index (κ2) is 9.46. The molecule has 2 N–H and O–H groups in total. The summed E-state index contributed by atoms with van der Waals surface area (Å²) in [7, 11) is -3.76. The van der Waals surface area contributed by atoms with Gasteiger partial charge >= 0.3 is 0 Å². The largest absolute Gasteiger partial charge is 0.322 e. The van der Waals surface area contributed by atoms with Crippen molar-refractivity contribution in [2.24, 2.45) is 4.99 Å². The van der Waals surface area contributed by atoms with Gasteiger partial charge in [0.2, 0.25) is 5.91 Å². The van der Waals surface area contributed by atoms with Gasteiger partial charge in [0.1, 0.15) is 11.7 Å². The minimum Gasteiger partial charge on any atom is -0.322 e. The lowest BCUT2D eigenvalue weighted by Crippen LogP contribution is -2.29. The summed E-state index contributed by atoms with van der Waals surface area (Å²) in [6, 6.07) is 16.1. The van der Waals surface area contributed by atoms with E-state index in [1.165, 1.54) is 35.6 Å². The van der Waals surface area contributed by atoms with Crippen LogP contribution in [0.4, 0.5) is 10.1 Å². The van der Waals surface area contributed by atoms with Gasteiger partial charge in [-0.2, -0.15) is 0 Å². The van der Waals surface area contributed by atoms with Gasteiger partial charge in [0.05, 0.1) is 4.90 Å². The third-order valence-corrected chi connectivity index (χ3v) is 7.17. The maximum Gasteiger partial charge on any atom is 0.262 e. The predicted octanol–water partition coefficient (Wildman–Crippen LogP) is 4.68. The van der Waals surface area contributed by atoms with Gasteiger partial charge in [0.15, 0.2) is 0 Å². The number of carbonyl (C=O) groups excluding carboxylic acids is 1. The highest BCUT2D eigenvalue weighted by atomic mass is 32.2. The van der Waals surface area contributed by atoms with Crippen LogP contribution in [0.3, 0.4) is 0 Å². The molecule has 9 heteroatoms. The summed E-state index contributed by atoms with van der Waals surface area (Å²) in [6.07, 6.45) is 4.41. The van der Waals surface area contributed by atoms with Crippen molar-refractivity contribution in [3.8, 4) is 10.4 Å². The van der Waals surface area contributed by atoms with Crippen molar-refractivity contribution >= 4 is 44.9 Å². The Hall–Kier alpha value is -3.30. The number of nitrogens with one attached hydrogen (secondary N) is 2. The summed E-state index contributed by atoms with van der Waals surface area (Å²) in [5.41, 5.74) is 0.867. The van der Waals surface area contributed by atoms with E-state index in [-0.39, 0.29) is 10.7 Å². The van der Waals surface area contributed by atoms with Gasteiger partial charge in [-0.25, -0.2) is 12.8 Å². The minimum atomic E-state index is -3.76. The van der Waals surface area contributed by atoms with Gasteiger partial charge in [0, 0.05) is 40.0 Å². The number of carbonyl (C=O) groups is 1. The Kier molecular flexibility index (Phi) is 6.48. The van der Waals surface area contributed by atoms with Gasteiger partial charge in [-0.05, 0) is 48.9 Å². The maximum absolute atomic E-state index is 13.9. The maximum atomic E-state index is 13.9. The average molecular weight is 470 g/mol. The van der Waals surface area contributed by atoms with Gasteiger partial charge in [0.25, 0.3) is 10.0 Å². The van der Waals surface area contributed by atoms with Gasteiger partial charge in [-0.1, -0.05) is 24.3 Å². The second-order valence-corrected chi connectivity index (χ2v) is 9.87. The second-order valence-electron chi connectivity index (χ2n) is 7.07. The molecular formula is C23H20FN3O3S2. The zero-order valence-corrected chi connectivity index (χ0v) is 18.5. The van der Waals surface area contributed by atoms with E-state index in [4.69, 9.17) is 0 Å². The van der Waals surface area contributed by atoms with E-state index < -0.39 is 15.9 Å². The Morgan fingerprint density at radius 1 is 1.09 bits per heavy atom. The number of thiophene rings is 1. The average Bonchev–Trinajstić information content (AvgIpc) is 3.45. The number of sulfonamides is 1. The van der Waals surface area contributed by atoms with Gasteiger partial charge < -0.3 is 5.32 Å². The van der Waals surface area contributed by atoms with Crippen molar-refractivity contribution in [3.05, 3.63) is 77.4 Å². The van der Waals surface area contributed by atoms with Crippen LogP contribution in [0.2, 0.25) is 0 Å². The molecule has 6 nitrogen and oxygen atoms in total. The number of anilines is 1. The number of amides is 1. The van der Waals surface area contributed by atoms with E-state index in [1.807, 2.05) is 0 Å². The Bertz CT molecular complexity index is 1310. The van der Waals surface area contributed by atoms with Crippen molar-refractivity contribution < 1.29 is 17.6 Å². The molecule has 0 fully saturated rings.